The molecule has 0 aliphatic carbocycles. The van der Waals surface area contributed by atoms with Crippen molar-refractivity contribution in [3.63, 3.8) is 0 Å². The molecule has 1 heterocycles. The van der Waals surface area contributed by atoms with Crippen LogP contribution in [0.15, 0.2) is 41.3 Å². The fourth-order valence-corrected chi connectivity index (χ4v) is 2.48. The zero-order chi connectivity index (χ0) is 14.5. The maximum atomic E-state index is 13.2. The molecular formula is C13H13FN4OS. The summed E-state index contributed by atoms with van der Waals surface area (Å²) in [7, 11) is 0. The molecule has 0 saturated heterocycles. The molecule has 2 rings (SSSR count). The molecular weight excluding hydrogens is 279 g/mol. The van der Waals surface area contributed by atoms with Crippen LogP contribution in [0.25, 0.3) is 0 Å². The number of pyridine rings is 1. The van der Waals surface area contributed by atoms with Crippen LogP contribution in [0.2, 0.25) is 0 Å². The average molecular weight is 292 g/mol. The first kappa shape index (κ1) is 14.3. The van der Waals surface area contributed by atoms with Gasteiger partial charge in [0.05, 0.1) is 5.69 Å². The molecule has 0 fully saturated rings. The summed E-state index contributed by atoms with van der Waals surface area (Å²) in [4.78, 5) is 16.2. The third-order valence-corrected chi connectivity index (χ3v) is 3.46. The molecule has 0 atom stereocenters. The highest BCUT2D eigenvalue weighted by atomic mass is 32.2. The number of carbonyl (C=O) groups is 1. The van der Waals surface area contributed by atoms with Crippen LogP contribution in [0, 0.1) is 5.82 Å². The highest BCUT2D eigenvalue weighted by molar-refractivity contribution is 7.98. The third-order valence-electron chi connectivity index (χ3n) is 2.45. The number of benzene rings is 1. The summed E-state index contributed by atoms with van der Waals surface area (Å²) in [6, 6.07) is 9.41. The Morgan fingerprint density at radius 1 is 1.35 bits per heavy atom. The van der Waals surface area contributed by atoms with Crippen LogP contribution in [-0.4, -0.2) is 10.9 Å². The van der Waals surface area contributed by atoms with E-state index in [1.165, 1.54) is 23.9 Å². The Kier molecular flexibility index (Phi) is 4.54. The second kappa shape index (κ2) is 6.36. The van der Waals surface area contributed by atoms with E-state index in [1.807, 2.05) is 5.43 Å². The molecule has 0 aliphatic heterocycles. The number of nitrogens with two attached hydrogens (primary N) is 2. The van der Waals surface area contributed by atoms with Gasteiger partial charge < -0.3 is 5.73 Å². The van der Waals surface area contributed by atoms with Crippen LogP contribution in [0.3, 0.4) is 0 Å². The van der Waals surface area contributed by atoms with E-state index in [9.17, 15) is 9.18 Å². The van der Waals surface area contributed by atoms with Crippen molar-refractivity contribution in [2.75, 3.05) is 5.73 Å². The molecule has 0 spiro atoms. The lowest BCUT2D eigenvalue weighted by atomic mass is 10.3. The van der Waals surface area contributed by atoms with Crippen LogP contribution in [0.4, 0.5) is 10.1 Å². The zero-order valence-corrected chi connectivity index (χ0v) is 11.3. The van der Waals surface area contributed by atoms with Crippen LogP contribution < -0.4 is 17.0 Å². The van der Waals surface area contributed by atoms with Gasteiger partial charge >= 0.3 is 0 Å². The second-order valence-electron chi connectivity index (χ2n) is 4.00. The van der Waals surface area contributed by atoms with Crippen molar-refractivity contribution in [2.24, 2.45) is 5.84 Å². The summed E-state index contributed by atoms with van der Waals surface area (Å²) < 4.78 is 13.2. The first-order chi connectivity index (χ1) is 9.58. The maximum absolute atomic E-state index is 13.2. The van der Waals surface area contributed by atoms with E-state index in [0.29, 0.717) is 22.0 Å². The van der Waals surface area contributed by atoms with Crippen molar-refractivity contribution in [2.45, 2.75) is 10.6 Å². The van der Waals surface area contributed by atoms with E-state index in [-0.39, 0.29) is 11.5 Å². The third kappa shape index (κ3) is 3.69. The molecule has 1 amide bonds. The van der Waals surface area contributed by atoms with Crippen LogP contribution in [-0.2, 0) is 5.75 Å². The smallest absolute Gasteiger partial charge is 0.283 e. The molecule has 5 nitrogen and oxygen atoms in total. The largest absolute Gasteiger partial charge is 0.399 e. The fourth-order valence-electron chi connectivity index (χ4n) is 1.59. The van der Waals surface area contributed by atoms with Crippen LogP contribution in [0.1, 0.15) is 16.2 Å². The van der Waals surface area contributed by atoms with Gasteiger partial charge in [-0.3, -0.25) is 10.2 Å². The number of nitrogens with one attached hydrogen (secondary N) is 1. The van der Waals surface area contributed by atoms with Gasteiger partial charge in [0.25, 0.3) is 5.91 Å². The van der Waals surface area contributed by atoms with Crippen molar-refractivity contribution < 1.29 is 9.18 Å². The lowest BCUT2D eigenvalue weighted by Gasteiger charge is -2.05. The highest BCUT2D eigenvalue weighted by Crippen LogP contribution is 2.25. The van der Waals surface area contributed by atoms with Gasteiger partial charge in [-0.1, -0.05) is 6.07 Å². The highest BCUT2D eigenvalue weighted by Gasteiger charge is 2.06. The number of hydrogen-bond donors (Lipinski definition) is 3. The molecule has 0 bridgehead atoms. The first-order valence-electron chi connectivity index (χ1n) is 5.74. The number of nitrogen functional groups attached to an aromatic ring is 2. The van der Waals surface area contributed by atoms with E-state index in [0.717, 1.165) is 0 Å². The zero-order valence-electron chi connectivity index (χ0n) is 10.5. The molecule has 1 aromatic carbocycles. The predicted octanol–water partition coefficient (Wildman–Crippen LogP) is 1.70. The number of hydrogen-bond acceptors (Lipinski definition) is 5. The summed E-state index contributed by atoms with van der Waals surface area (Å²) in [6.45, 7) is 0. The number of amides is 1. The SMILES string of the molecule is NNC(=O)c1cccc(CSc2cc(N)cc(F)c2)n1. The molecule has 0 aliphatic rings. The molecule has 20 heavy (non-hydrogen) atoms. The van der Waals surface area contributed by atoms with Gasteiger partial charge in [0.2, 0.25) is 0 Å². The van der Waals surface area contributed by atoms with Crippen molar-refractivity contribution in [1.29, 1.82) is 0 Å². The number of anilines is 1. The van der Waals surface area contributed by atoms with Crippen molar-refractivity contribution in [1.82, 2.24) is 10.4 Å². The van der Waals surface area contributed by atoms with E-state index >= 15 is 0 Å². The minimum Gasteiger partial charge on any atom is -0.399 e. The van der Waals surface area contributed by atoms with Gasteiger partial charge in [-0.25, -0.2) is 15.2 Å². The van der Waals surface area contributed by atoms with Gasteiger partial charge in [0.1, 0.15) is 11.5 Å². The molecule has 7 heteroatoms. The Bertz CT molecular complexity index is 615. The summed E-state index contributed by atoms with van der Waals surface area (Å²) in [6.07, 6.45) is 0. The van der Waals surface area contributed by atoms with Crippen LogP contribution >= 0.6 is 11.8 Å². The summed E-state index contributed by atoms with van der Waals surface area (Å²) in [5.41, 5.74) is 8.90. The Labute approximate surface area is 119 Å². The number of hydrazine groups is 1. The quantitative estimate of drug-likeness (QED) is 0.262. The molecule has 5 N–H and O–H groups in total. The maximum Gasteiger partial charge on any atom is 0.283 e. The summed E-state index contributed by atoms with van der Waals surface area (Å²) >= 11 is 1.38. The van der Waals surface area contributed by atoms with E-state index in [1.54, 1.807) is 24.3 Å². The van der Waals surface area contributed by atoms with Crippen molar-refractivity contribution in [3.05, 3.63) is 53.6 Å². The Morgan fingerprint density at radius 3 is 2.85 bits per heavy atom. The monoisotopic (exact) mass is 292 g/mol. The Balaban J connectivity index is 2.09. The van der Waals surface area contributed by atoms with Gasteiger partial charge in [-0.05, 0) is 30.3 Å². The minimum atomic E-state index is -0.452. The van der Waals surface area contributed by atoms with Crippen LogP contribution in [0.5, 0.6) is 0 Å². The number of halogens is 1. The van der Waals surface area contributed by atoms with Crippen molar-refractivity contribution in [3.8, 4) is 0 Å². The van der Waals surface area contributed by atoms with Gasteiger partial charge in [0, 0.05) is 16.3 Å². The topological polar surface area (TPSA) is 94.0 Å². The normalized spacial score (nSPS) is 10.3. The predicted molar refractivity (Wildman–Crippen MR) is 76.3 cm³/mol. The number of nitrogens with zero attached hydrogens (tertiary/aromatic N) is 1. The van der Waals surface area contributed by atoms with E-state index < -0.39 is 5.91 Å². The number of thioether (sulfide) groups is 1. The standard InChI is InChI=1S/C13H13FN4OS/c14-8-4-9(15)6-11(5-8)20-7-10-2-1-3-12(17-10)13(19)18-16/h1-6H,7,15-16H2,(H,18,19). The summed E-state index contributed by atoms with van der Waals surface area (Å²) in [5.74, 6) is 4.72. The number of rotatable bonds is 4. The molecule has 0 radical (unpaired) electrons. The number of aromatic nitrogens is 1. The Morgan fingerprint density at radius 2 is 2.15 bits per heavy atom. The van der Waals surface area contributed by atoms with Gasteiger partial charge in [-0.15, -0.1) is 11.8 Å². The number of carbonyl (C=O) groups excluding carboxylic acids is 1. The molecule has 0 saturated carbocycles. The Hall–Kier alpha value is -2.12. The fraction of sp³-hybridized carbons (Fsp3) is 0.0769. The van der Waals surface area contributed by atoms with Crippen molar-refractivity contribution >= 4 is 23.4 Å². The average Bonchev–Trinajstić information content (AvgIpc) is 2.43. The van der Waals surface area contributed by atoms with Gasteiger partial charge in [0.15, 0.2) is 0 Å². The van der Waals surface area contributed by atoms with E-state index in [4.69, 9.17) is 11.6 Å². The summed E-state index contributed by atoms with van der Waals surface area (Å²) in [5, 5.41) is 0. The molecule has 0 unspecified atom stereocenters. The van der Waals surface area contributed by atoms with E-state index in [2.05, 4.69) is 4.98 Å². The second-order valence-corrected chi connectivity index (χ2v) is 5.05. The molecule has 2 aromatic rings. The minimum absolute atomic E-state index is 0.240. The molecule has 104 valence electrons. The van der Waals surface area contributed by atoms with Gasteiger partial charge in [-0.2, -0.15) is 0 Å². The first-order valence-corrected chi connectivity index (χ1v) is 6.73. The molecule has 1 aromatic heterocycles. The lowest BCUT2D eigenvalue weighted by molar-refractivity contribution is 0.0948. The lowest BCUT2D eigenvalue weighted by Crippen LogP contribution is -2.30.